The van der Waals surface area contributed by atoms with Crippen molar-refractivity contribution in [3.05, 3.63) is 0 Å². The molecular weight excluding hydrogens is 248 g/mol. The number of carbonyl (C=O) groups excluding carboxylic acids is 2. The normalized spacial score (nSPS) is 26.6. The van der Waals surface area contributed by atoms with Crippen molar-refractivity contribution < 1.29 is 19.4 Å². The van der Waals surface area contributed by atoms with Gasteiger partial charge < -0.3 is 19.6 Å². The molecule has 2 saturated heterocycles. The molecule has 2 aliphatic rings. The molecule has 6 nitrogen and oxygen atoms in total. The Morgan fingerprint density at radius 1 is 1.53 bits per heavy atom. The quantitative estimate of drug-likeness (QED) is 0.748. The highest BCUT2D eigenvalue weighted by molar-refractivity contribution is 5.89. The van der Waals surface area contributed by atoms with Crippen LogP contribution in [0.2, 0.25) is 0 Å². The van der Waals surface area contributed by atoms with E-state index in [2.05, 4.69) is 0 Å². The molecule has 0 spiro atoms. The van der Waals surface area contributed by atoms with Crippen LogP contribution in [0.25, 0.3) is 0 Å². The van der Waals surface area contributed by atoms with Crippen LogP contribution in [0.3, 0.4) is 0 Å². The van der Waals surface area contributed by atoms with Crippen molar-refractivity contribution in [2.75, 3.05) is 40.4 Å². The summed E-state index contributed by atoms with van der Waals surface area (Å²) in [6.45, 7) is 1.85. The SMILES string of the molecule is CN1CC(C(=O)N(C)CC2(O)CCOCC2)CC1=O. The first-order chi connectivity index (χ1) is 8.91. The molecule has 1 atom stereocenters. The van der Waals surface area contributed by atoms with E-state index in [9.17, 15) is 14.7 Å². The van der Waals surface area contributed by atoms with Gasteiger partial charge in [-0.05, 0) is 0 Å². The molecule has 0 aromatic rings. The highest BCUT2D eigenvalue weighted by Gasteiger charge is 2.37. The molecule has 2 fully saturated rings. The van der Waals surface area contributed by atoms with Gasteiger partial charge in [-0.1, -0.05) is 0 Å². The Balaban J connectivity index is 1.90. The predicted molar refractivity (Wildman–Crippen MR) is 68.4 cm³/mol. The number of amides is 2. The Morgan fingerprint density at radius 3 is 2.68 bits per heavy atom. The molecule has 1 unspecified atom stereocenters. The molecule has 0 aromatic carbocycles. The van der Waals surface area contributed by atoms with Crippen LogP contribution in [0.1, 0.15) is 19.3 Å². The zero-order chi connectivity index (χ0) is 14.0. The number of likely N-dealkylation sites (tertiary alicyclic amines) is 1. The van der Waals surface area contributed by atoms with Crippen molar-refractivity contribution in [1.29, 1.82) is 0 Å². The maximum atomic E-state index is 12.3. The topological polar surface area (TPSA) is 70.1 Å². The molecule has 2 amide bonds. The van der Waals surface area contributed by atoms with E-state index in [0.717, 1.165) is 0 Å². The molecule has 0 aromatic heterocycles. The zero-order valence-corrected chi connectivity index (χ0v) is 11.6. The lowest BCUT2D eigenvalue weighted by atomic mass is 9.93. The van der Waals surface area contributed by atoms with E-state index in [1.807, 2.05) is 0 Å². The molecule has 0 radical (unpaired) electrons. The zero-order valence-electron chi connectivity index (χ0n) is 11.6. The second-order valence-corrected chi connectivity index (χ2v) is 5.71. The summed E-state index contributed by atoms with van der Waals surface area (Å²) < 4.78 is 5.22. The molecular formula is C13H22N2O4. The van der Waals surface area contributed by atoms with Crippen LogP contribution in [0, 0.1) is 5.92 Å². The third-order valence-electron chi connectivity index (χ3n) is 4.02. The lowest BCUT2D eigenvalue weighted by Gasteiger charge is -2.36. The lowest BCUT2D eigenvalue weighted by Crippen LogP contribution is -2.48. The van der Waals surface area contributed by atoms with Gasteiger partial charge in [-0.3, -0.25) is 9.59 Å². The van der Waals surface area contributed by atoms with Crippen molar-refractivity contribution in [3.63, 3.8) is 0 Å². The number of carbonyl (C=O) groups is 2. The largest absolute Gasteiger partial charge is 0.388 e. The maximum absolute atomic E-state index is 12.3. The van der Waals surface area contributed by atoms with Crippen molar-refractivity contribution in [1.82, 2.24) is 9.80 Å². The van der Waals surface area contributed by atoms with Gasteiger partial charge in [0.15, 0.2) is 0 Å². The summed E-state index contributed by atoms with van der Waals surface area (Å²) in [5, 5.41) is 10.4. The van der Waals surface area contributed by atoms with Crippen molar-refractivity contribution in [2.24, 2.45) is 5.92 Å². The molecule has 2 aliphatic heterocycles. The van der Waals surface area contributed by atoms with Crippen molar-refractivity contribution >= 4 is 11.8 Å². The number of rotatable bonds is 3. The van der Waals surface area contributed by atoms with Gasteiger partial charge in [-0.2, -0.15) is 0 Å². The van der Waals surface area contributed by atoms with Gasteiger partial charge in [0.2, 0.25) is 11.8 Å². The van der Waals surface area contributed by atoms with E-state index in [4.69, 9.17) is 4.74 Å². The van der Waals surface area contributed by atoms with Gasteiger partial charge >= 0.3 is 0 Å². The number of aliphatic hydroxyl groups is 1. The van der Waals surface area contributed by atoms with E-state index in [1.54, 1.807) is 23.9 Å². The Morgan fingerprint density at radius 2 is 2.16 bits per heavy atom. The van der Waals surface area contributed by atoms with Gasteiger partial charge in [-0.25, -0.2) is 0 Å². The maximum Gasteiger partial charge on any atom is 0.227 e. The highest BCUT2D eigenvalue weighted by Crippen LogP contribution is 2.23. The van der Waals surface area contributed by atoms with Gasteiger partial charge in [0, 0.05) is 59.7 Å². The highest BCUT2D eigenvalue weighted by atomic mass is 16.5. The van der Waals surface area contributed by atoms with Crippen LogP contribution in [-0.4, -0.2) is 72.7 Å². The second kappa shape index (κ2) is 5.46. The monoisotopic (exact) mass is 270 g/mol. The Bertz CT molecular complexity index is 366. The summed E-state index contributed by atoms with van der Waals surface area (Å²) in [4.78, 5) is 26.9. The molecule has 6 heteroatoms. The van der Waals surface area contributed by atoms with Crippen molar-refractivity contribution in [3.8, 4) is 0 Å². The van der Waals surface area contributed by atoms with Gasteiger partial charge in [0.1, 0.15) is 0 Å². The average Bonchev–Trinajstić information content (AvgIpc) is 2.69. The fourth-order valence-electron chi connectivity index (χ4n) is 2.77. The van der Waals surface area contributed by atoms with Crippen LogP contribution >= 0.6 is 0 Å². The van der Waals surface area contributed by atoms with E-state index in [-0.39, 0.29) is 24.2 Å². The number of hydrogen-bond acceptors (Lipinski definition) is 4. The lowest BCUT2D eigenvalue weighted by molar-refractivity contribution is -0.140. The van der Waals surface area contributed by atoms with Gasteiger partial charge in [0.25, 0.3) is 0 Å². The molecule has 0 bridgehead atoms. The summed E-state index contributed by atoms with van der Waals surface area (Å²) >= 11 is 0. The number of likely N-dealkylation sites (N-methyl/N-ethyl adjacent to an activating group) is 1. The van der Waals surface area contributed by atoms with E-state index < -0.39 is 5.60 Å². The fraction of sp³-hybridized carbons (Fsp3) is 0.846. The first-order valence-corrected chi connectivity index (χ1v) is 6.70. The van der Waals surface area contributed by atoms with Crippen molar-refractivity contribution in [2.45, 2.75) is 24.9 Å². The molecule has 1 N–H and O–H groups in total. The Kier molecular flexibility index (Phi) is 4.10. The first kappa shape index (κ1) is 14.3. The Labute approximate surface area is 113 Å². The molecule has 19 heavy (non-hydrogen) atoms. The smallest absolute Gasteiger partial charge is 0.227 e. The summed E-state index contributed by atoms with van der Waals surface area (Å²) in [7, 11) is 3.40. The molecule has 108 valence electrons. The third kappa shape index (κ3) is 3.25. The second-order valence-electron chi connectivity index (χ2n) is 5.71. The van der Waals surface area contributed by atoms with Crippen LogP contribution in [0.5, 0.6) is 0 Å². The fourth-order valence-corrected chi connectivity index (χ4v) is 2.77. The molecule has 0 saturated carbocycles. The average molecular weight is 270 g/mol. The van der Waals surface area contributed by atoms with E-state index in [1.165, 1.54) is 0 Å². The Hall–Kier alpha value is -1.14. The third-order valence-corrected chi connectivity index (χ3v) is 4.02. The first-order valence-electron chi connectivity index (χ1n) is 6.70. The molecule has 2 rings (SSSR count). The summed E-state index contributed by atoms with van der Waals surface area (Å²) in [6.07, 6.45) is 1.38. The van der Waals surface area contributed by atoms with Gasteiger partial charge in [0.05, 0.1) is 11.5 Å². The van der Waals surface area contributed by atoms with Crippen LogP contribution in [0.4, 0.5) is 0 Å². The minimum atomic E-state index is -0.850. The van der Waals surface area contributed by atoms with Gasteiger partial charge in [-0.15, -0.1) is 0 Å². The summed E-state index contributed by atoms with van der Waals surface area (Å²) in [5.74, 6) is -0.319. The molecule has 2 heterocycles. The minimum absolute atomic E-state index is 0.0107. The van der Waals surface area contributed by atoms with Crippen LogP contribution in [-0.2, 0) is 14.3 Å². The standard InChI is InChI=1S/C13H22N2O4/c1-14-8-10(7-11(14)16)12(17)15(2)9-13(18)3-5-19-6-4-13/h10,18H,3-9H2,1-2H3. The van der Waals surface area contributed by atoms with E-state index >= 15 is 0 Å². The summed E-state index contributed by atoms with van der Waals surface area (Å²) in [6, 6.07) is 0. The number of nitrogens with zero attached hydrogens (tertiary/aromatic N) is 2. The predicted octanol–water partition coefficient (Wildman–Crippen LogP) is -0.535. The van der Waals surface area contributed by atoms with Crippen LogP contribution < -0.4 is 0 Å². The minimum Gasteiger partial charge on any atom is -0.388 e. The number of ether oxygens (including phenoxy) is 1. The summed E-state index contributed by atoms with van der Waals surface area (Å²) in [5.41, 5.74) is -0.850. The van der Waals surface area contributed by atoms with Crippen LogP contribution in [0.15, 0.2) is 0 Å². The molecule has 0 aliphatic carbocycles. The number of hydrogen-bond donors (Lipinski definition) is 1. The van der Waals surface area contributed by atoms with E-state index in [0.29, 0.717) is 39.1 Å².